The van der Waals surface area contributed by atoms with E-state index in [1.165, 1.54) is 6.07 Å². The zero-order chi connectivity index (χ0) is 12.7. The largest absolute Gasteiger partial charge is 0.346 e. The van der Waals surface area contributed by atoms with Gasteiger partial charge in [0, 0.05) is 11.0 Å². The smallest absolute Gasteiger partial charge is 0.226 e. The lowest BCUT2D eigenvalue weighted by Gasteiger charge is -2.24. The second-order valence-corrected chi connectivity index (χ2v) is 5.77. The monoisotopic (exact) mass is 235 g/mol. The molecule has 1 fully saturated rings. The maximum absolute atomic E-state index is 13.7. The van der Waals surface area contributed by atoms with Gasteiger partial charge < -0.3 is 5.32 Å². The minimum atomic E-state index is -0.463. The number of nitrogens with one attached hydrogen (secondary N) is 1. The molecule has 2 rings (SSSR count). The standard InChI is InChI=1S/C14H18FNO/c1-13(2,3)12(17)16-14(8-9-14)10-6-4-5-7-11(10)15/h4-7H,8-9H2,1-3H3,(H,16,17). The van der Waals surface area contributed by atoms with E-state index in [2.05, 4.69) is 5.32 Å². The Morgan fingerprint density at radius 3 is 2.35 bits per heavy atom. The fraction of sp³-hybridized carbons (Fsp3) is 0.500. The van der Waals surface area contributed by atoms with Crippen LogP contribution in [0, 0.1) is 11.2 Å². The number of hydrogen-bond acceptors (Lipinski definition) is 1. The minimum absolute atomic E-state index is 0.0294. The zero-order valence-corrected chi connectivity index (χ0v) is 10.5. The third-order valence-corrected chi connectivity index (χ3v) is 3.17. The van der Waals surface area contributed by atoms with Crippen molar-refractivity contribution < 1.29 is 9.18 Å². The van der Waals surface area contributed by atoms with Gasteiger partial charge >= 0.3 is 0 Å². The number of carbonyl (C=O) groups is 1. The summed E-state index contributed by atoms with van der Waals surface area (Å²) in [4.78, 5) is 12.0. The minimum Gasteiger partial charge on any atom is -0.346 e. The first-order valence-corrected chi connectivity index (χ1v) is 5.93. The van der Waals surface area contributed by atoms with Gasteiger partial charge in [0.15, 0.2) is 0 Å². The number of amides is 1. The SMILES string of the molecule is CC(C)(C)C(=O)NC1(c2ccccc2F)CC1. The van der Waals surface area contributed by atoms with Crippen LogP contribution in [-0.4, -0.2) is 5.91 Å². The van der Waals surface area contributed by atoms with Crippen molar-refractivity contribution in [3.63, 3.8) is 0 Å². The van der Waals surface area contributed by atoms with Gasteiger partial charge in [-0.15, -0.1) is 0 Å². The zero-order valence-electron chi connectivity index (χ0n) is 10.5. The Kier molecular flexibility index (Phi) is 2.72. The maximum Gasteiger partial charge on any atom is 0.226 e. The van der Waals surface area contributed by atoms with Crippen LogP contribution in [0.4, 0.5) is 4.39 Å². The van der Waals surface area contributed by atoms with E-state index in [1.54, 1.807) is 12.1 Å². The van der Waals surface area contributed by atoms with Crippen LogP contribution in [0.1, 0.15) is 39.2 Å². The molecule has 2 nitrogen and oxygen atoms in total. The summed E-state index contributed by atoms with van der Waals surface area (Å²) >= 11 is 0. The summed E-state index contributed by atoms with van der Waals surface area (Å²) in [5, 5.41) is 2.99. The van der Waals surface area contributed by atoms with E-state index in [4.69, 9.17) is 0 Å². The molecule has 1 aliphatic rings. The van der Waals surface area contributed by atoms with E-state index in [1.807, 2.05) is 26.8 Å². The lowest BCUT2D eigenvalue weighted by Crippen LogP contribution is -2.42. The predicted octanol–water partition coefficient (Wildman–Crippen LogP) is 2.98. The Morgan fingerprint density at radius 2 is 1.88 bits per heavy atom. The van der Waals surface area contributed by atoms with Gasteiger partial charge in [-0.1, -0.05) is 39.0 Å². The molecule has 1 saturated carbocycles. The average molecular weight is 235 g/mol. The van der Waals surface area contributed by atoms with E-state index in [9.17, 15) is 9.18 Å². The van der Waals surface area contributed by atoms with Crippen LogP contribution in [0.5, 0.6) is 0 Å². The first kappa shape index (κ1) is 12.1. The highest BCUT2D eigenvalue weighted by Crippen LogP contribution is 2.46. The molecule has 1 aliphatic carbocycles. The fourth-order valence-corrected chi connectivity index (χ4v) is 1.84. The number of halogens is 1. The molecular weight excluding hydrogens is 217 g/mol. The van der Waals surface area contributed by atoms with Crippen molar-refractivity contribution in [2.75, 3.05) is 0 Å². The number of carbonyl (C=O) groups excluding carboxylic acids is 1. The normalized spacial score (nSPS) is 17.6. The van der Waals surface area contributed by atoms with Crippen molar-refractivity contribution >= 4 is 5.91 Å². The Hall–Kier alpha value is -1.38. The predicted molar refractivity (Wildman–Crippen MR) is 64.9 cm³/mol. The van der Waals surface area contributed by atoms with Crippen molar-refractivity contribution in [2.24, 2.45) is 5.41 Å². The van der Waals surface area contributed by atoms with Crippen LogP contribution in [0.25, 0.3) is 0 Å². The molecule has 3 heteroatoms. The third kappa shape index (κ3) is 2.33. The highest BCUT2D eigenvalue weighted by atomic mass is 19.1. The lowest BCUT2D eigenvalue weighted by molar-refractivity contribution is -0.129. The average Bonchev–Trinajstić information content (AvgIpc) is 2.98. The number of hydrogen-bond donors (Lipinski definition) is 1. The Labute approximate surface area is 101 Å². The van der Waals surface area contributed by atoms with Crippen molar-refractivity contribution in [1.29, 1.82) is 0 Å². The highest BCUT2D eigenvalue weighted by Gasteiger charge is 2.48. The van der Waals surface area contributed by atoms with Gasteiger partial charge in [-0.25, -0.2) is 4.39 Å². The summed E-state index contributed by atoms with van der Waals surface area (Å²) in [5.74, 6) is -0.266. The van der Waals surface area contributed by atoms with Crippen LogP contribution < -0.4 is 5.32 Å². The second kappa shape index (κ2) is 3.83. The first-order chi connectivity index (χ1) is 7.85. The van der Waals surface area contributed by atoms with Gasteiger partial charge in [0.2, 0.25) is 5.91 Å². The van der Waals surface area contributed by atoms with E-state index in [-0.39, 0.29) is 11.7 Å². The van der Waals surface area contributed by atoms with Gasteiger partial charge in [-0.05, 0) is 18.9 Å². The molecule has 0 radical (unpaired) electrons. The van der Waals surface area contributed by atoms with Crippen LogP contribution >= 0.6 is 0 Å². The summed E-state index contributed by atoms with van der Waals surface area (Å²) in [7, 11) is 0. The quantitative estimate of drug-likeness (QED) is 0.839. The molecule has 92 valence electrons. The molecule has 1 N–H and O–H groups in total. The summed E-state index contributed by atoms with van der Waals surface area (Å²) in [6.07, 6.45) is 1.63. The molecule has 0 saturated heterocycles. The molecule has 0 aromatic heterocycles. The maximum atomic E-state index is 13.7. The van der Waals surface area contributed by atoms with Crippen molar-refractivity contribution in [3.05, 3.63) is 35.6 Å². The molecule has 1 aromatic rings. The van der Waals surface area contributed by atoms with E-state index < -0.39 is 11.0 Å². The summed E-state index contributed by atoms with van der Waals surface area (Å²) < 4.78 is 13.7. The molecule has 17 heavy (non-hydrogen) atoms. The van der Waals surface area contributed by atoms with Gasteiger partial charge in [-0.2, -0.15) is 0 Å². The second-order valence-electron chi connectivity index (χ2n) is 5.77. The molecule has 0 atom stereocenters. The van der Waals surface area contributed by atoms with Gasteiger partial charge in [0.1, 0.15) is 5.82 Å². The number of benzene rings is 1. The molecule has 1 amide bonds. The Bertz CT molecular complexity index is 444. The van der Waals surface area contributed by atoms with Crippen molar-refractivity contribution in [3.8, 4) is 0 Å². The lowest BCUT2D eigenvalue weighted by atomic mass is 9.94. The number of rotatable bonds is 2. The first-order valence-electron chi connectivity index (χ1n) is 5.93. The summed E-state index contributed by atoms with van der Waals surface area (Å²) in [5.41, 5.74) is -0.297. The Morgan fingerprint density at radius 1 is 1.29 bits per heavy atom. The van der Waals surface area contributed by atoms with E-state index in [0.29, 0.717) is 5.56 Å². The highest BCUT2D eigenvalue weighted by molar-refractivity contribution is 5.82. The van der Waals surface area contributed by atoms with Crippen molar-refractivity contribution in [2.45, 2.75) is 39.2 Å². The molecule has 0 aliphatic heterocycles. The molecular formula is C14H18FNO. The van der Waals surface area contributed by atoms with Gasteiger partial charge in [-0.3, -0.25) is 4.79 Å². The summed E-state index contributed by atoms with van der Waals surface area (Å²) in [6.45, 7) is 5.58. The van der Waals surface area contributed by atoms with E-state index >= 15 is 0 Å². The topological polar surface area (TPSA) is 29.1 Å². The fourth-order valence-electron chi connectivity index (χ4n) is 1.84. The molecule has 0 bridgehead atoms. The molecule has 1 aromatic carbocycles. The van der Waals surface area contributed by atoms with Crippen LogP contribution in [0.15, 0.2) is 24.3 Å². The van der Waals surface area contributed by atoms with E-state index in [0.717, 1.165) is 12.8 Å². The molecule has 0 heterocycles. The molecule has 0 unspecified atom stereocenters. The van der Waals surface area contributed by atoms with Crippen LogP contribution in [0.2, 0.25) is 0 Å². The van der Waals surface area contributed by atoms with Gasteiger partial charge in [0.25, 0.3) is 0 Å². The Balaban J connectivity index is 2.22. The van der Waals surface area contributed by atoms with Gasteiger partial charge in [0.05, 0.1) is 5.54 Å². The van der Waals surface area contributed by atoms with Crippen LogP contribution in [0.3, 0.4) is 0 Å². The van der Waals surface area contributed by atoms with Crippen molar-refractivity contribution in [1.82, 2.24) is 5.32 Å². The summed E-state index contributed by atoms with van der Waals surface area (Å²) in [6, 6.07) is 6.67. The molecule has 0 spiro atoms. The third-order valence-electron chi connectivity index (χ3n) is 3.17. The van der Waals surface area contributed by atoms with Crippen LogP contribution in [-0.2, 0) is 10.3 Å².